The first-order chi connectivity index (χ1) is 16.1. The van der Waals surface area contributed by atoms with Crippen LogP contribution in [0.2, 0.25) is 0 Å². The highest BCUT2D eigenvalue weighted by Crippen LogP contribution is 2.27. The van der Waals surface area contributed by atoms with Crippen LogP contribution in [0.1, 0.15) is 17.5 Å². The Bertz CT molecular complexity index is 1130. The molecule has 1 N–H and O–H groups in total. The summed E-state index contributed by atoms with van der Waals surface area (Å²) < 4.78 is 11.0. The fourth-order valence-electron chi connectivity index (χ4n) is 3.58. The molecule has 4 rings (SSSR count). The van der Waals surface area contributed by atoms with Crippen molar-refractivity contribution in [3.8, 4) is 11.5 Å². The molecule has 1 aliphatic rings. The summed E-state index contributed by atoms with van der Waals surface area (Å²) in [7, 11) is 1.59. The fourth-order valence-corrected chi connectivity index (χ4v) is 3.58. The molecule has 7 heteroatoms. The van der Waals surface area contributed by atoms with Crippen molar-refractivity contribution in [2.24, 2.45) is 11.0 Å². The van der Waals surface area contributed by atoms with Crippen LogP contribution in [0.15, 0.2) is 84.0 Å². The average molecular weight is 444 g/mol. The first kappa shape index (κ1) is 22.1. The van der Waals surface area contributed by atoms with E-state index in [1.165, 1.54) is 0 Å². The van der Waals surface area contributed by atoms with Gasteiger partial charge in [0.25, 0.3) is 0 Å². The second-order valence-electron chi connectivity index (χ2n) is 7.68. The minimum atomic E-state index is -0.461. The number of amides is 2. The molecule has 7 nitrogen and oxygen atoms in total. The first-order valence-electron chi connectivity index (χ1n) is 10.7. The molecule has 1 atom stereocenters. The highest BCUT2D eigenvalue weighted by molar-refractivity contribution is 6.00. The lowest BCUT2D eigenvalue weighted by Gasteiger charge is -2.16. The second-order valence-corrected chi connectivity index (χ2v) is 7.68. The van der Waals surface area contributed by atoms with Gasteiger partial charge in [-0.2, -0.15) is 5.10 Å². The summed E-state index contributed by atoms with van der Waals surface area (Å²) in [4.78, 5) is 26.6. The number of rotatable bonds is 8. The molecule has 0 saturated carbocycles. The number of benzene rings is 3. The van der Waals surface area contributed by atoms with Crippen molar-refractivity contribution in [2.45, 2.75) is 13.0 Å². The molecule has 1 heterocycles. The van der Waals surface area contributed by atoms with Crippen LogP contribution in [-0.2, 0) is 16.2 Å². The van der Waals surface area contributed by atoms with E-state index in [0.29, 0.717) is 24.7 Å². The highest BCUT2D eigenvalue weighted by Gasteiger charge is 2.35. The van der Waals surface area contributed by atoms with Crippen LogP contribution in [0.5, 0.6) is 11.5 Å². The van der Waals surface area contributed by atoms with E-state index in [1.54, 1.807) is 30.4 Å². The van der Waals surface area contributed by atoms with E-state index in [1.807, 2.05) is 66.7 Å². The maximum absolute atomic E-state index is 12.5. The van der Waals surface area contributed by atoms with Crippen LogP contribution < -0.4 is 19.8 Å². The third-order valence-corrected chi connectivity index (χ3v) is 5.37. The predicted octanol–water partition coefficient (Wildman–Crippen LogP) is 3.78. The number of carbonyl (C=O) groups is 2. The molecule has 0 aromatic heterocycles. The molecule has 1 fully saturated rings. The van der Waals surface area contributed by atoms with Gasteiger partial charge in [0, 0.05) is 18.7 Å². The van der Waals surface area contributed by atoms with Crippen molar-refractivity contribution in [1.82, 2.24) is 5.43 Å². The molecule has 0 bridgehead atoms. The maximum Gasteiger partial charge on any atom is 0.245 e. The molecule has 3 aromatic rings. The van der Waals surface area contributed by atoms with E-state index in [-0.39, 0.29) is 18.2 Å². The number of methoxy groups -OCH3 is 1. The molecule has 0 spiro atoms. The molecule has 0 unspecified atom stereocenters. The van der Waals surface area contributed by atoms with Gasteiger partial charge in [-0.05, 0) is 47.5 Å². The summed E-state index contributed by atoms with van der Waals surface area (Å²) in [5, 5.41) is 4.06. The number of nitrogens with zero attached hydrogens (tertiary/aromatic N) is 2. The van der Waals surface area contributed by atoms with Crippen LogP contribution in [0.25, 0.3) is 0 Å². The Labute approximate surface area is 192 Å². The van der Waals surface area contributed by atoms with Crippen LogP contribution >= 0.6 is 0 Å². The topological polar surface area (TPSA) is 80.2 Å². The van der Waals surface area contributed by atoms with Crippen LogP contribution in [0.3, 0.4) is 0 Å². The van der Waals surface area contributed by atoms with E-state index in [0.717, 1.165) is 16.8 Å². The lowest BCUT2D eigenvalue weighted by atomic mass is 10.1. The molecule has 168 valence electrons. The minimum Gasteiger partial charge on any atom is -0.497 e. The van der Waals surface area contributed by atoms with Crippen molar-refractivity contribution >= 4 is 23.7 Å². The third-order valence-electron chi connectivity index (χ3n) is 5.37. The normalized spacial score (nSPS) is 15.6. The number of hydrogen-bond acceptors (Lipinski definition) is 5. The van der Waals surface area contributed by atoms with E-state index in [2.05, 4.69) is 10.5 Å². The molecular weight excluding hydrogens is 418 g/mol. The quantitative estimate of drug-likeness (QED) is 0.425. The first-order valence-corrected chi connectivity index (χ1v) is 10.7. The van der Waals surface area contributed by atoms with Gasteiger partial charge in [0.2, 0.25) is 11.8 Å². The van der Waals surface area contributed by atoms with Gasteiger partial charge < -0.3 is 14.4 Å². The van der Waals surface area contributed by atoms with Gasteiger partial charge in [-0.1, -0.05) is 42.5 Å². The SMILES string of the molecule is COc1ccc(N2C[C@@H](C(=O)N/N=C/c3cccc(OCc4ccccc4)c3)CC2=O)cc1. The lowest BCUT2D eigenvalue weighted by molar-refractivity contribution is -0.126. The Kier molecular flexibility index (Phi) is 6.99. The zero-order chi connectivity index (χ0) is 23.0. The molecule has 0 radical (unpaired) electrons. The molecule has 1 saturated heterocycles. The molecule has 33 heavy (non-hydrogen) atoms. The van der Waals surface area contributed by atoms with Crippen molar-refractivity contribution in [1.29, 1.82) is 0 Å². The summed E-state index contributed by atoms with van der Waals surface area (Å²) in [6.45, 7) is 0.786. The van der Waals surface area contributed by atoms with Crippen molar-refractivity contribution in [3.63, 3.8) is 0 Å². The van der Waals surface area contributed by atoms with Gasteiger partial charge in [-0.25, -0.2) is 5.43 Å². The Hall–Kier alpha value is -4.13. The zero-order valence-corrected chi connectivity index (χ0v) is 18.3. The standard InChI is InChI=1S/C26H25N3O4/c1-32-23-12-10-22(11-13-23)29-17-21(15-25(29)30)26(31)28-27-16-20-8-5-9-24(14-20)33-18-19-6-3-2-4-7-19/h2-14,16,21H,15,17-18H2,1H3,(H,28,31)/b27-16+/t21-/m0/s1. The monoisotopic (exact) mass is 443 g/mol. The predicted molar refractivity (Wildman–Crippen MR) is 126 cm³/mol. The summed E-state index contributed by atoms with van der Waals surface area (Å²) >= 11 is 0. The zero-order valence-electron chi connectivity index (χ0n) is 18.3. The second kappa shape index (κ2) is 10.5. The summed E-state index contributed by atoms with van der Waals surface area (Å²) in [5.74, 6) is 0.589. The lowest BCUT2D eigenvalue weighted by Crippen LogP contribution is -2.30. The van der Waals surface area contributed by atoms with Gasteiger partial charge in [-0.3, -0.25) is 9.59 Å². The number of carbonyl (C=O) groups excluding carboxylic acids is 2. The number of nitrogens with one attached hydrogen (secondary N) is 1. The average Bonchev–Trinajstić information content (AvgIpc) is 3.25. The molecule has 0 aliphatic carbocycles. The van der Waals surface area contributed by atoms with Gasteiger partial charge >= 0.3 is 0 Å². The van der Waals surface area contributed by atoms with Crippen molar-refractivity contribution in [2.75, 3.05) is 18.6 Å². The Morgan fingerprint density at radius 3 is 2.61 bits per heavy atom. The largest absolute Gasteiger partial charge is 0.497 e. The van der Waals surface area contributed by atoms with Gasteiger partial charge in [-0.15, -0.1) is 0 Å². The van der Waals surface area contributed by atoms with Crippen molar-refractivity contribution < 1.29 is 19.1 Å². The Balaban J connectivity index is 1.30. The minimum absolute atomic E-state index is 0.0902. The van der Waals surface area contributed by atoms with Crippen LogP contribution in [0, 0.1) is 5.92 Å². The molecule has 1 aliphatic heterocycles. The van der Waals surface area contributed by atoms with Crippen LogP contribution in [0.4, 0.5) is 5.69 Å². The number of anilines is 1. The smallest absolute Gasteiger partial charge is 0.245 e. The number of hydrazone groups is 1. The van der Waals surface area contributed by atoms with E-state index in [4.69, 9.17) is 9.47 Å². The summed E-state index contributed by atoms with van der Waals surface area (Å²) in [6, 6.07) is 24.6. The van der Waals surface area contributed by atoms with E-state index >= 15 is 0 Å². The van der Waals surface area contributed by atoms with Crippen LogP contribution in [-0.4, -0.2) is 31.7 Å². The third kappa shape index (κ3) is 5.77. The maximum atomic E-state index is 12.5. The Morgan fingerprint density at radius 1 is 1.06 bits per heavy atom. The summed E-state index contributed by atoms with van der Waals surface area (Å²) in [6.07, 6.45) is 1.71. The van der Waals surface area contributed by atoms with Gasteiger partial charge in [0.1, 0.15) is 18.1 Å². The Morgan fingerprint density at radius 2 is 1.85 bits per heavy atom. The number of ether oxygens (including phenoxy) is 2. The molecule has 2 amide bonds. The summed E-state index contributed by atoms with van der Waals surface area (Å²) in [5.41, 5.74) is 5.17. The van der Waals surface area contributed by atoms with E-state index < -0.39 is 5.92 Å². The van der Waals surface area contributed by atoms with Gasteiger partial charge in [0.15, 0.2) is 0 Å². The number of hydrogen-bond donors (Lipinski definition) is 1. The molecular formula is C26H25N3O4. The molecule has 3 aromatic carbocycles. The van der Waals surface area contributed by atoms with Crippen molar-refractivity contribution in [3.05, 3.63) is 90.0 Å². The van der Waals surface area contributed by atoms with E-state index in [9.17, 15) is 9.59 Å². The fraction of sp³-hybridized carbons (Fsp3) is 0.192. The van der Waals surface area contributed by atoms with Gasteiger partial charge in [0.05, 0.1) is 19.2 Å². The highest BCUT2D eigenvalue weighted by atomic mass is 16.5.